The van der Waals surface area contributed by atoms with Gasteiger partial charge in [0.15, 0.2) is 5.17 Å². The molecule has 3 nitrogen and oxygen atoms in total. The molecule has 17 heavy (non-hydrogen) atoms. The van der Waals surface area contributed by atoms with Crippen LogP contribution in [-0.4, -0.2) is 22.4 Å². The van der Waals surface area contributed by atoms with Gasteiger partial charge in [-0.2, -0.15) is 0 Å². The molecule has 1 N–H and O–H groups in total. The van der Waals surface area contributed by atoms with Crippen molar-refractivity contribution < 1.29 is 4.79 Å². The molecule has 1 aliphatic heterocycles. The van der Waals surface area contributed by atoms with Gasteiger partial charge in [-0.05, 0) is 37.0 Å². The van der Waals surface area contributed by atoms with Crippen LogP contribution in [0.4, 0.5) is 0 Å². The topological polar surface area (TPSA) is 41.5 Å². The predicted molar refractivity (Wildman–Crippen MR) is 71.0 cm³/mol. The summed E-state index contributed by atoms with van der Waals surface area (Å²) >= 11 is 1.63. The first-order valence-corrected chi connectivity index (χ1v) is 7.56. The normalized spacial score (nSPS) is 42.8. The molecule has 4 atom stereocenters. The number of fused-ring (bicyclic) bond motifs is 2. The Bertz CT molecular complexity index is 366. The second kappa shape index (κ2) is 4.30. The molecule has 0 spiro atoms. The quantitative estimate of drug-likeness (QED) is 0.820. The molecule has 1 saturated heterocycles. The van der Waals surface area contributed by atoms with Crippen LogP contribution in [0.5, 0.6) is 0 Å². The van der Waals surface area contributed by atoms with E-state index in [1.54, 1.807) is 11.8 Å². The summed E-state index contributed by atoms with van der Waals surface area (Å²) in [6, 6.07) is 0.488. The summed E-state index contributed by atoms with van der Waals surface area (Å²) in [5.74, 6) is 2.24. The first-order valence-electron chi connectivity index (χ1n) is 6.69. The number of hydrogen-bond donors (Lipinski definition) is 1. The third-order valence-electron chi connectivity index (χ3n) is 4.32. The van der Waals surface area contributed by atoms with Gasteiger partial charge in [-0.15, -0.1) is 0 Å². The molecule has 2 bridgehead atoms. The molecule has 3 rings (SSSR count). The summed E-state index contributed by atoms with van der Waals surface area (Å²) in [5.41, 5.74) is 0. The summed E-state index contributed by atoms with van der Waals surface area (Å²) in [6.07, 6.45) is 5.36. The van der Waals surface area contributed by atoms with E-state index in [0.29, 0.717) is 12.0 Å². The van der Waals surface area contributed by atoms with E-state index in [2.05, 4.69) is 19.2 Å². The van der Waals surface area contributed by atoms with E-state index in [4.69, 9.17) is 4.99 Å². The minimum Gasteiger partial charge on any atom is -0.304 e. The Morgan fingerprint density at radius 1 is 1.35 bits per heavy atom. The highest BCUT2D eigenvalue weighted by molar-refractivity contribution is 8.15. The average molecular weight is 252 g/mol. The van der Waals surface area contributed by atoms with Crippen molar-refractivity contribution in [3.63, 3.8) is 0 Å². The Morgan fingerprint density at radius 3 is 2.71 bits per heavy atom. The summed E-state index contributed by atoms with van der Waals surface area (Å²) in [4.78, 5) is 16.5. The predicted octanol–water partition coefficient (Wildman–Crippen LogP) is 2.42. The first kappa shape index (κ1) is 11.6. The van der Waals surface area contributed by atoms with Gasteiger partial charge in [-0.1, -0.05) is 32.0 Å². The summed E-state index contributed by atoms with van der Waals surface area (Å²) in [5, 5.41) is 3.89. The molecule has 3 aliphatic rings. The minimum atomic E-state index is 0.0624. The molecule has 2 saturated carbocycles. The van der Waals surface area contributed by atoms with E-state index < -0.39 is 0 Å². The monoisotopic (exact) mass is 252 g/mol. The number of nitrogens with zero attached hydrogens (tertiary/aromatic N) is 1. The average Bonchev–Trinajstić information content (AvgIpc) is 2.93. The molecular formula is C13H20N2OS. The zero-order valence-electron chi connectivity index (χ0n) is 10.5. The lowest BCUT2D eigenvalue weighted by atomic mass is 9.96. The Morgan fingerprint density at radius 2 is 2.18 bits per heavy atom. The Hall–Kier alpha value is -0.510. The molecule has 1 heterocycles. The molecule has 0 aromatic rings. The van der Waals surface area contributed by atoms with Crippen molar-refractivity contribution in [2.75, 3.05) is 0 Å². The highest BCUT2D eigenvalue weighted by Crippen LogP contribution is 2.46. The standard InChI is InChI=1S/C13H20N2OS/c1-7(2)11-12(16)15-13(17-11)14-10-6-8-3-4-9(10)5-8/h7-11H,3-6H2,1-2H3,(H,14,15,16)/t8-,9+,10+,11-/m0/s1. The maximum absolute atomic E-state index is 11.7. The van der Waals surface area contributed by atoms with Gasteiger partial charge in [0.2, 0.25) is 5.91 Å². The van der Waals surface area contributed by atoms with Crippen LogP contribution in [-0.2, 0) is 4.79 Å². The van der Waals surface area contributed by atoms with Crippen LogP contribution < -0.4 is 5.32 Å². The molecule has 0 radical (unpaired) electrons. The first-order chi connectivity index (χ1) is 8.13. The van der Waals surface area contributed by atoms with Crippen LogP contribution in [0.25, 0.3) is 0 Å². The number of carbonyl (C=O) groups is 1. The zero-order chi connectivity index (χ0) is 12.0. The molecule has 3 fully saturated rings. The lowest BCUT2D eigenvalue weighted by molar-refractivity contribution is -0.119. The third kappa shape index (κ3) is 2.12. The van der Waals surface area contributed by atoms with Crippen LogP contribution in [0.1, 0.15) is 39.5 Å². The van der Waals surface area contributed by atoms with Gasteiger partial charge in [0.25, 0.3) is 0 Å². The van der Waals surface area contributed by atoms with Crippen molar-refractivity contribution in [3.05, 3.63) is 0 Å². The van der Waals surface area contributed by atoms with E-state index in [1.165, 1.54) is 25.7 Å². The van der Waals surface area contributed by atoms with Gasteiger partial charge in [-0.3, -0.25) is 9.79 Å². The summed E-state index contributed by atoms with van der Waals surface area (Å²) < 4.78 is 0. The van der Waals surface area contributed by atoms with Crippen LogP contribution in [0.15, 0.2) is 4.99 Å². The number of hydrogen-bond acceptors (Lipinski definition) is 3. The van der Waals surface area contributed by atoms with Crippen molar-refractivity contribution >= 4 is 22.8 Å². The molecule has 1 amide bonds. The fourth-order valence-corrected chi connectivity index (χ4v) is 4.44. The van der Waals surface area contributed by atoms with Crippen LogP contribution in [0.2, 0.25) is 0 Å². The van der Waals surface area contributed by atoms with Crippen molar-refractivity contribution in [2.45, 2.75) is 50.8 Å². The van der Waals surface area contributed by atoms with Gasteiger partial charge in [0.05, 0.1) is 11.3 Å². The van der Waals surface area contributed by atoms with E-state index in [0.717, 1.165) is 17.0 Å². The Balaban J connectivity index is 1.68. The molecule has 0 unspecified atom stereocenters. The molecule has 0 aromatic heterocycles. The van der Waals surface area contributed by atoms with Gasteiger partial charge >= 0.3 is 0 Å². The number of amidine groups is 1. The number of thioether (sulfide) groups is 1. The maximum atomic E-state index is 11.7. The van der Waals surface area contributed by atoms with E-state index in [1.807, 2.05) is 0 Å². The SMILES string of the molecule is CC(C)[C@@H]1SC(=N[C@@H]2C[C@H]3CC[C@@H]2C3)NC1=O. The fraction of sp³-hybridized carbons (Fsp3) is 0.846. The zero-order valence-corrected chi connectivity index (χ0v) is 11.3. The molecule has 2 aliphatic carbocycles. The Kier molecular flexibility index (Phi) is 2.93. The van der Waals surface area contributed by atoms with Crippen molar-refractivity contribution in [1.82, 2.24) is 5.32 Å². The molecule has 4 heteroatoms. The number of nitrogens with one attached hydrogen (secondary N) is 1. The molecular weight excluding hydrogens is 232 g/mol. The lowest BCUT2D eigenvalue weighted by Crippen LogP contribution is -2.28. The van der Waals surface area contributed by atoms with Gasteiger partial charge in [0.1, 0.15) is 0 Å². The van der Waals surface area contributed by atoms with Gasteiger partial charge in [0, 0.05) is 0 Å². The number of carbonyl (C=O) groups excluding carboxylic acids is 1. The second-order valence-electron chi connectivity index (χ2n) is 5.95. The number of amides is 1. The number of aliphatic imine (C=N–C) groups is 1. The molecule has 94 valence electrons. The van der Waals surface area contributed by atoms with E-state index in [9.17, 15) is 4.79 Å². The fourth-order valence-electron chi connectivity index (χ4n) is 3.40. The van der Waals surface area contributed by atoms with Crippen LogP contribution in [0, 0.1) is 17.8 Å². The smallest absolute Gasteiger partial charge is 0.239 e. The van der Waals surface area contributed by atoms with E-state index >= 15 is 0 Å². The number of rotatable bonds is 2. The van der Waals surface area contributed by atoms with Gasteiger partial charge < -0.3 is 5.32 Å². The third-order valence-corrected chi connectivity index (χ3v) is 5.76. The highest BCUT2D eigenvalue weighted by Gasteiger charge is 2.41. The van der Waals surface area contributed by atoms with Crippen LogP contribution in [0.3, 0.4) is 0 Å². The van der Waals surface area contributed by atoms with Gasteiger partial charge in [-0.25, -0.2) is 0 Å². The van der Waals surface area contributed by atoms with Crippen molar-refractivity contribution in [2.24, 2.45) is 22.7 Å². The molecule has 0 aromatic carbocycles. The van der Waals surface area contributed by atoms with E-state index in [-0.39, 0.29) is 11.2 Å². The van der Waals surface area contributed by atoms with Crippen molar-refractivity contribution in [3.8, 4) is 0 Å². The second-order valence-corrected chi connectivity index (χ2v) is 7.08. The minimum absolute atomic E-state index is 0.0624. The summed E-state index contributed by atoms with van der Waals surface area (Å²) in [7, 11) is 0. The highest BCUT2D eigenvalue weighted by atomic mass is 32.2. The van der Waals surface area contributed by atoms with Crippen molar-refractivity contribution in [1.29, 1.82) is 0 Å². The Labute approximate surface area is 107 Å². The summed E-state index contributed by atoms with van der Waals surface area (Å²) in [6.45, 7) is 4.19. The van der Waals surface area contributed by atoms with Crippen LogP contribution >= 0.6 is 11.8 Å². The largest absolute Gasteiger partial charge is 0.304 e. The maximum Gasteiger partial charge on any atom is 0.239 e. The lowest BCUT2D eigenvalue weighted by Gasteiger charge is -2.17.